The molecule has 0 rings (SSSR count). The SMILES string of the molecule is C[S+](C)C.[K+].[O-][B]O.[OH-]. The zero-order valence-corrected chi connectivity index (χ0v) is 10.2. The van der Waals surface area contributed by atoms with Gasteiger partial charge in [0.2, 0.25) is 0 Å². The van der Waals surface area contributed by atoms with Crippen LogP contribution in [-0.2, 0) is 10.9 Å². The van der Waals surface area contributed by atoms with Gasteiger partial charge in [0.25, 0.3) is 0 Å². The zero-order valence-electron chi connectivity index (χ0n) is 6.29. The number of rotatable bonds is 0. The average Bonchev–Trinajstić information content (AvgIpc) is 1.33. The van der Waals surface area contributed by atoms with Gasteiger partial charge in [-0.05, 0) is 10.9 Å². The van der Waals surface area contributed by atoms with Crippen LogP contribution in [0.5, 0.6) is 0 Å². The van der Waals surface area contributed by atoms with E-state index in [0.717, 1.165) is 0 Å². The van der Waals surface area contributed by atoms with Gasteiger partial charge in [0.05, 0.1) is 18.8 Å². The van der Waals surface area contributed by atoms with Crippen LogP contribution in [0.15, 0.2) is 0 Å². The van der Waals surface area contributed by atoms with Gasteiger partial charge in [0.15, 0.2) is 7.69 Å². The molecule has 3 nitrogen and oxygen atoms in total. The van der Waals surface area contributed by atoms with Crippen LogP contribution in [-0.4, -0.2) is 37.0 Å². The minimum atomic E-state index is -0.250. The van der Waals surface area contributed by atoms with Crippen LogP contribution in [0.1, 0.15) is 0 Å². The molecule has 0 spiro atoms. The minimum absolute atomic E-state index is 0. The van der Waals surface area contributed by atoms with Crippen LogP contribution < -0.4 is 56.4 Å². The fraction of sp³-hybridized carbons (Fsp3) is 1.00. The molecule has 0 bridgehead atoms. The molecule has 0 atom stereocenters. The molecule has 0 fully saturated rings. The minimum Gasteiger partial charge on any atom is -0.870 e. The maximum absolute atomic E-state index is 8.36. The van der Waals surface area contributed by atoms with Gasteiger partial charge < -0.3 is 15.5 Å². The molecule has 51 valence electrons. The van der Waals surface area contributed by atoms with Crippen molar-refractivity contribution in [3.8, 4) is 0 Å². The molecule has 0 aliphatic carbocycles. The van der Waals surface area contributed by atoms with Gasteiger partial charge in [-0.15, -0.1) is 0 Å². The summed E-state index contributed by atoms with van der Waals surface area (Å²) in [6.45, 7) is 0. The second-order valence-corrected chi connectivity index (χ2v) is 3.78. The van der Waals surface area contributed by atoms with Gasteiger partial charge in [-0.25, -0.2) is 0 Å². The summed E-state index contributed by atoms with van der Waals surface area (Å²) in [5, 5.41) is 15.2. The monoisotopic (exact) mass is 177 g/mol. The van der Waals surface area contributed by atoms with E-state index < -0.39 is 0 Å². The van der Waals surface area contributed by atoms with Gasteiger partial charge in [-0.2, -0.15) is 0 Å². The van der Waals surface area contributed by atoms with Crippen LogP contribution >= 0.6 is 0 Å². The summed E-state index contributed by atoms with van der Waals surface area (Å²) >= 11 is 0. The summed E-state index contributed by atoms with van der Waals surface area (Å²) in [5.74, 6) is 0. The topological polar surface area (TPSA) is 73.3 Å². The van der Waals surface area contributed by atoms with Crippen LogP contribution in [0.2, 0.25) is 0 Å². The third kappa shape index (κ3) is 167. The number of hydrogen-bond acceptors (Lipinski definition) is 3. The molecule has 0 heterocycles. The molecular formula is C3H11BKO3S. The maximum Gasteiger partial charge on any atom is 1.00 e. The van der Waals surface area contributed by atoms with Crippen molar-refractivity contribution in [1.29, 1.82) is 0 Å². The van der Waals surface area contributed by atoms with Crippen LogP contribution in [0.25, 0.3) is 0 Å². The summed E-state index contributed by atoms with van der Waals surface area (Å²) in [4.78, 5) is 0. The standard InChI is InChI=1S/C3H9S.BHO2.K.H2O/c1-4(2)3;2-1-3;;/h1-3H3;2H;;1H2/q+1;-1;+1;/p-1. The fourth-order valence-corrected chi connectivity index (χ4v) is 0. The van der Waals surface area contributed by atoms with E-state index in [4.69, 9.17) is 10.0 Å². The Bertz CT molecular complexity index is 30.3. The van der Waals surface area contributed by atoms with E-state index in [1.165, 1.54) is 0 Å². The molecule has 0 unspecified atom stereocenters. The third-order valence-corrected chi connectivity index (χ3v) is 0. The third-order valence-electron chi connectivity index (χ3n) is 0. The predicted molar refractivity (Wildman–Crippen MR) is 35.0 cm³/mol. The van der Waals surface area contributed by atoms with Crippen molar-refractivity contribution in [1.82, 2.24) is 0 Å². The van der Waals surface area contributed by atoms with E-state index in [-0.39, 0.29) is 64.5 Å². The molecule has 0 aromatic carbocycles. The van der Waals surface area contributed by atoms with Crippen LogP contribution in [0.3, 0.4) is 0 Å². The largest absolute Gasteiger partial charge is 1.00 e. The van der Waals surface area contributed by atoms with E-state index in [1.807, 2.05) is 0 Å². The second-order valence-electron chi connectivity index (χ2n) is 1.33. The van der Waals surface area contributed by atoms with Gasteiger partial charge >= 0.3 is 51.4 Å². The fourth-order valence-electron chi connectivity index (χ4n) is 0. The Balaban J connectivity index is -0.0000000233. The Labute approximate surface area is 103 Å². The molecule has 0 amide bonds. The van der Waals surface area contributed by atoms with Crippen LogP contribution in [0.4, 0.5) is 0 Å². The Hall–Kier alpha value is 1.93. The maximum atomic E-state index is 8.36. The van der Waals surface area contributed by atoms with Crippen molar-refractivity contribution in [2.45, 2.75) is 0 Å². The summed E-state index contributed by atoms with van der Waals surface area (Å²) in [6, 6.07) is 0. The van der Waals surface area contributed by atoms with Crippen molar-refractivity contribution in [2.75, 3.05) is 18.8 Å². The molecule has 0 saturated heterocycles. The molecule has 0 aliphatic rings. The average molecular weight is 177 g/mol. The molecule has 9 heavy (non-hydrogen) atoms. The van der Waals surface area contributed by atoms with E-state index in [9.17, 15) is 0 Å². The first-order chi connectivity index (χ1) is 3.15. The Kier molecular flexibility index (Phi) is 56.1. The normalized spacial score (nSPS) is 5.56. The zero-order chi connectivity index (χ0) is 6.28. The van der Waals surface area contributed by atoms with E-state index in [2.05, 4.69) is 18.8 Å². The number of hydrogen-bond donors (Lipinski definition) is 1. The van der Waals surface area contributed by atoms with Gasteiger partial charge in [0, 0.05) is 0 Å². The molecule has 0 aliphatic heterocycles. The molecule has 0 aromatic heterocycles. The molecule has 0 saturated carbocycles. The van der Waals surface area contributed by atoms with Crippen molar-refractivity contribution in [3.05, 3.63) is 0 Å². The summed E-state index contributed by atoms with van der Waals surface area (Å²) in [5.41, 5.74) is 0. The first-order valence-corrected chi connectivity index (χ1v) is 4.17. The Morgan fingerprint density at radius 3 is 1.33 bits per heavy atom. The molecular weight excluding hydrogens is 166 g/mol. The summed E-state index contributed by atoms with van der Waals surface area (Å²) < 4.78 is 0. The van der Waals surface area contributed by atoms with E-state index in [1.54, 1.807) is 0 Å². The van der Waals surface area contributed by atoms with Crippen molar-refractivity contribution in [2.24, 2.45) is 0 Å². The van der Waals surface area contributed by atoms with Crippen LogP contribution in [0, 0.1) is 0 Å². The summed E-state index contributed by atoms with van der Waals surface area (Å²) in [7, 11) is 0.389. The molecule has 1 radical (unpaired) electrons. The van der Waals surface area contributed by atoms with Gasteiger partial charge in [-0.1, -0.05) is 0 Å². The second kappa shape index (κ2) is 22.5. The first kappa shape index (κ1) is 22.4. The van der Waals surface area contributed by atoms with E-state index in [0.29, 0.717) is 10.9 Å². The Morgan fingerprint density at radius 1 is 1.33 bits per heavy atom. The Morgan fingerprint density at radius 2 is 1.33 bits per heavy atom. The van der Waals surface area contributed by atoms with Crippen molar-refractivity contribution in [3.63, 3.8) is 0 Å². The van der Waals surface area contributed by atoms with Crippen molar-refractivity contribution < 1.29 is 66.9 Å². The van der Waals surface area contributed by atoms with Crippen molar-refractivity contribution >= 4 is 18.6 Å². The first-order valence-electron chi connectivity index (χ1n) is 1.72. The quantitative estimate of drug-likeness (QED) is 0.298. The van der Waals surface area contributed by atoms with Gasteiger partial charge in [-0.3, -0.25) is 0 Å². The van der Waals surface area contributed by atoms with Gasteiger partial charge in [0.1, 0.15) is 0 Å². The van der Waals surface area contributed by atoms with E-state index >= 15 is 0 Å². The molecule has 2 N–H and O–H groups in total. The molecule has 0 aromatic rings. The smallest absolute Gasteiger partial charge is 0.870 e. The molecule has 6 heteroatoms. The predicted octanol–water partition coefficient (Wildman–Crippen LogP) is -4.81. The summed E-state index contributed by atoms with van der Waals surface area (Å²) in [6.07, 6.45) is 6.58.